The van der Waals surface area contributed by atoms with E-state index in [1.807, 2.05) is 6.92 Å². The zero-order valence-electron chi connectivity index (χ0n) is 9.12. The van der Waals surface area contributed by atoms with Crippen molar-refractivity contribution in [2.45, 2.75) is 6.92 Å². The van der Waals surface area contributed by atoms with Crippen LogP contribution in [0.1, 0.15) is 23.2 Å². The van der Waals surface area contributed by atoms with E-state index in [2.05, 4.69) is 10.1 Å². The van der Waals surface area contributed by atoms with E-state index in [0.717, 1.165) is 5.56 Å². The van der Waals surface area contributed by atoms with Crippen LogP contribution in [0.25, 0.3) is 17.5 Å². The van der Waals surface area contributed by atoms with Crippen LogP contribution in [0.5, 0.6) is 0 Å². The van der Waals surface area contributed by atoms with E-state index >= 15 is 0 Å². The van der Waals surface area contributed by atoms with Gasteiger partial charge in [0.1, 0.15) is 0 Å². The van der Waals surface area contributed by atoms with Crippen LogP contribution >= 0.6 is 0 Å². The Kier molecular flexibility index (Phi) is 3.00. The minimum Gasteiger partial charge on any atom is -0.478 e. The van der Waals surface area contributed by atoms with Gasteiger partial charge in [-0.25, -0.2) is 4.79 Å². The molecule has 0 saturated carbocycles. The summed E-state index contributed by atoms with van der Waals surface area (Å²) < 4.78 is 4.97. The smallest absolute Gasteiger partial charge is 0.335 e. The summed E-state index contributed by atoms with van der Waals surface area (Å²) in [7, 11) is 0. The fraction of sp³-hybridized carbons (Fsp3) is 0.0833. The van der Waals surface area contributed by atoms with Gasteiger partial charge in [-0.1, -0.05) is 23.4 Å². The number of carboxylic acid groups (broad SMARTS) is 1. The molecule has 1 heterocycles. The number of hydrogen-bond acceptors (Lipinski definition) is 4. The maximum Gasteiger partial charge on any atom is 0.335 e. The van der Waals surface area contributed by atoms with Crippen molar-refractivity contribution in [3.8, 4) is 11.4 Å². The average Bonchev–Trinajstić information content (AvgIpc) is 2.78. The Labute approximate surface area is 97.4 Å². The predicted octanol–water partition coefficient (Wildman–Crippen LogP) is 2.47. The van der Waals surface area contributed by atoms with Gasteiger partial charge in [-0.05, 0) is 25.1 Å². The van der Waals surface area contributed by atoms with Crippen molar-refractivity contribution in [2.75, 3.05) is 0 Å². The summed E-state index contributed by atoms with van der Waals surface area (Å²) in [6.45, 7) is 1.85. The molecule has 0 aliphatic rings. The fourth-order valence-electron chi connectivity index (χ4n) is 1.32. The predicted molar refractivity (Wildman–Crippen MR) is 61.4 cm³/mol. The quantitative estimate of drug-likeness (QED) is 0.876. The highest BCUT2D eigenvalue weighted by Gasteiger charge is 2.08. The first kappa shape index (κ1) is 11.1. The highest BCUT2D eigenvalue weighted by atomic mass is 16.5. The van der Waals surface area contributed by atoms with Crippen LogP contribution in [0.4, 0.5) is 0 Å². The van der Waals surface area contributed by atoms with E-state index < -0.39 is 5.97 Å². The third-order valence-corrected chi connectivity index (χ3v) is 2.14. The molecule has 2 aromatic rings. The van der Waals surface area contributed by atoms with Crippen molar-refractivity contribution in [1.82, 2.24) is 10.1 Å². The normalized spacial score (nSPS) is 10.9. The van der Waals surface area contributed by atoms with Gasteiger partial charge >= 0.3 is 5.97 Å². The van der Waals surface area contributed by atoms with Gasteiger partial charge in [-0.2, -0.15) is 4.98 Å². The molecule has 0 aliphatic heterocycles. The number of carbonyl (C=O) groups is 1. The number of nitrogens with zero attached hydrogens (tertiary/aromatic N) is 2. The third kappa shape index (κ3) is 2.39. The van der Waals surface area contributed by atoms with Crippen LogP contribution in [-0.4, -0.2) is 21.2 Å². The molecule has 0 atom stereocenters. The van der Waals surface area contributed by atoms with Crippen LogP contribution in [0.15, 0.2) is 34.9 Å². The minimum absolute atomic E-state index is 0.228. The van der Waals surface area contributed by atoms with E-state index in [1.54, 1.807) is 24.3 Å². The Morgan fingerprint density at radius 3 is 2.65 bits per heavy atom. The highest BCUT2D eigenvalue weighted by molar-refractivity contribution is 5.88. The number of rotatable bonds is 3. The first-order valence-electron chi connectivity index (χ1n) is 5.01. The molecule has 86 valence electrons. The second-order valence-corrected chi connectivity index (χ2v) is 3.34. The molecule has 0 aliphatic carbocycles. The van der Waals surface area contributed by atoms with Crippen molar-refractivity contribution in [3.05, 3.63) is 41.8 Å². The van der Waals surface area contributed by atoms with E-state index in [9.17, 15) is 4.79 Å². The van der Waals surface area contributed by atoms with Gasteiger partial charge in [0.05, 0.1) is 5.56 Å². The van der Waals surface area contributed by atoms with Crippen LogP contribution in [0, 0.1) is 0 Å². The van der Waals surface area contributed by atoms with Crippen molar-refractivity contribution < 1.29 is 14.4 Å². The van der Waals surface area contributed by atoms with Crippen molar-refractivity contribution in [3.63, 3.8) is 0 Å². The Morgan fingerprint density at radius 1 is 1.35 bits per heavy atom. The first-order valence-corrected chi connectivity index (χ1v) is 5.01. The lowest BCUT2D eigenvalue weighted by Crippen LogP contribution is -1.95. The van der Waals surface area contributed by atoms with E-state index in [0.29, 0.717) is 11.7 Å². The largest absolute Gasteiger partial charge is 0.478 e. The van der Waals surface area contributed by atoms with Gasteiger partial charge in [0.25, 0.3) is 5.89 Å². The molecule has 1 aromatic heterocycles. The summed E-state index contributed by atoms with van der Waals surface area (Å²) in [5.41, 5.74) is 0.945. The zero-order valence-corrected chi connectivity index (χ0v) is 9.12. The molecule has 0 saturated heterocycles. The second kappa shape index (κ2) is 4.61. The Hall–Kier alpha value is -2.43. The maximum absolute atomic E-state index is 10.7. The molecular formula is C12H10N2O3. The second-order valence-electron chi connectivity index (χ2n) is 3.34. The Morgan fingerprint density at radius 2 is 2.06 bits per heavy atom. The van der Waals surface area contributed by atoms with Crippen molar-refractivity contribution in [2.24, 2.45) is 0 Å². The number of benzene rings is 1. The standard InChI is InChI=1S/C12H10N2O3/c1-2-3-10-13-11(14-17-10)8-4-6-9(7-5-8)12(15)16/h2-7H,1H3,(H,15,16). The summed E-state index contributed by atoms with van der Waals surface area (Å²) in [6, 6.07) is 6.30. The van der Waals surface area contributed by atoms with E-state index in [-0.39, 0.29) is 5.56 Å². The third-order valence-electron chi connectivity index (χ3n) is 2.14. The van der Waals surface area contributed by atoms with Gasteiger partial charge < -0.3 is 9.63 Å². The number of aromatic carboxylic acids is 1. The molecule has 1 N–H and O–H groups in total. The lowest BCUT2D eigenvalue weighted by molar-refractivity contribution is 0.0697. The molecule has 0 spiro atoms. The van der Waals surface area contributed by atoms with Gasteiger partial charge in [-0.15, -0.1) is 0 Å². The fourth-order valence-corrected chi connectivity index (χ4v) is 1.32. The van der Waals surface area contributed by atoms with Crippen LogP contribution in [0.2, 0.25) is 0 Å². The number of aromatic nitrogens is 2. The lowest BCUT2D eigenvalue weighted by atomic mass is 10.1. The maximum atomic E-state index is 10.7. The number of hydrogen-bond donors (Lipinski definition) is 1. The average molecular weight is 230 g/mol. The van der Waals surface area contributed by atoms with E-state index in [1.165, 1.54) is 12.1 Å². The summed E-state index contributed by atoms with van der Waals surface area (Å²) in [6.07, 6.45) is 3.49. The number of carboxylic acids is 1. The monoisotopic (exact) mass is 230 g/mol. The van der Waals surface area contributed by atoms with Crippen molar-refractivity contribution in [1.29, 1.82) is 0 Å². The van der Waals surface area contributed by atoms with Gasteiger partial charge in [0, 0.05) is 5.56 Å². The van der Waals surface area contributed by atoms with Crippen LogP contribution in [-0.2, 0) is 0 Å². The molecule has 0 unspecified atom stereocenters. The van der Waals surface area contributed by atoms with E-state index in [4.69, 9.17) is 9.63 Å². The van der Waals surface area contributed by atoms with Gasteiger partial charge in [-0.3, -0.25) is 0 Å². The first-order chi connectivity index (χ1) is 8.20. The summed E-state index contributed by atoms with van der Waals surface area (Å²) in [4.78, 5) is 14.8. The molecule has 5 heteroatoms. The summed E-state index contributed by atoms with van der Waals surface area (Å²) in [5, 5.41) is 12.6. The van der Waals surface area contributed by atoms with Crippen LogP contribution < -0.4 is 0 Å². The number of allylic oxidation sites excluding steroid dienone is 1. The molecular weight excluding hydrogens is 220 g/mol. The molecule has 1 aromatic carbocycles. The molecule has 0 bridgehead atoms. The highest BCUT2D eigenvalue weighted by Crippen LogP contribution is 2.16. The zero-order chi connectivity index (χ0) is 12.3. The molecule has 0 amide bonds. The molecule has 0 radical (unpaired) electrons. The summed E-state index contributed by atoms with van der Waals surface area (Å²) in [5.74, 6) is -0.0980. The van der Waals surface area contributed by atoms with Crippen molar-refractivity contribution >= 4 is 12.0 Å². The lowest BCUT2D eigenvalue weighted by Gasteiger charge is -1.95. The van der Waals surface area contributed by atoms with Gasteiger partial charge in [0.2, 0.25) is 5.82 Å². The molecule has 0 fully saturated rings. The Balaban J connectivity index is 2.29. The Bertz CT molecular complexity index is 555. The minimum atomic E-state index is -0.959. The van der Waals surface area contributed by atoms with Gasteiger partial charge in [0.15, 0.2) is 0 Å². The summed E-state index contributed by atoms with van der Waals surface area (Å²) >= 11 is 0. The topological polar surface area (TPSA) is 76.2 Å². The SMILES string of the molecule is CC=Cc1nc(-c2ccc(C(=O)O)cc2)no1. The molecule has 17 heavy (non-hydrogen) atoms. The van der Waals surface area contributed by atoms with Crippen LogP contribution in [0.3, 0.4) is 0 Å². The molecule has 2 rings (SSSR count). The molecule has 5 nitrogen and oxygen atoms in total.